The van der Waals surface area contributed by atoms with Gasteiger partial charge in [-0.25, -0.2) is 18.5 Å². The number of anilines is 1. The SMILES string of the molecule is NS(=O)(=O)c1ccc(CCNc2cnn(-c3nc4ccccc4[nH]3)c(=O)c2Cl)cc1. The summed E-state index contributed by atoms with van der Waals surface area (Å²) >= 11 is 6.24. The first-order chi connectivity index (χ1) is 14.3. The zero-order chi connectivity index (χ0) is 21.3. The molecule has 0 aliphatic rings. The normalized spacial score (nSPS) is 11.7. The van der Waals surface area contributed by atoms with Crippen LogP contribution in [0.5, 0.6) is 0 Å². The second-order valence-corrected chi connectivity index (χ2v) is 8.47. The summed E-state index contributed by atoms with van der Waals surface area (Å²) in [5.41, 5.74) is 2.30. The van der Waals surface area contributed by atoms with Crippen molar-refractivity contribution in [2.75, 3.05) is 11.9 Å². The molecule has 4 rings (SSSR count). The van der Waals surface area contributed by atoms with Gasteiger partial charge in [-0.1, -0.05) is 35.9 Å². The van der Waals surface area contributed by atoms with Crippen LogP contribution in [0.4, 0.5) is 5.69 Å². The second kappa shape index (κ2) is 7.90. The molecule has 0 bridgehead atoms. The number of fused-ring (bicyclic) bond motifs is 1. The minimum atomic E-state index is -3.72. The predicted molar refractivity (Wildman–Crippen MR) is 115 cm³/mol. The van der Waals surface area contributed by atoms with Crippen LogP contribution >= 0.6 is 11.6 Å². The predicted octanol–water partition coefficient (Wildman–Crippen LogP) is 2.06. The number of aromatic amines is 1. The summed E-state index contributed by atoms with van der Waals surface area (Å²) in [6.07, 6.45) is 2.04. The van der Waals surface area contributed by atoms with Gasteiger partial charge in [0.25, 0.3) is 5.56 Å². The largest absolute Gasteiger partial charge is 0.382 e. The van der Waals surface area contributed by atoms with Gasteiger partial charge in [0.1, 0.15) is 5.02 Å². The quantitative estimate of drug-likeness (QED) is 0.416. The van der Waals surface area contributed by atoms with Gasteiger partial charge >= 0.3 is 0 Å². The third kappa shape index (κ3) is 4.06. The average Bonchev–Trinajstić information content (AvgIpc) is 3.15. The molecule has 2 heterocycles. The van der Waals surface area contributed by atoms with E-state index < -0.39 is 15.6 Å². The summed E-state index contributed by atoms with van der Waals surface area (Å²) in [7, 11) is -3.72. The number of benzene rings is 2. The number of aromatic nitrogens is 4. The van der Waals surface area contributed by atoms with E-state index in [1.54, 1.807) is 12.1 Å². The van der Waals surface area contributed by atoms with Crippen molar-refractivity contribution in [2.45, 2.75) is 11.3 Å². The number of imidazole rings is 1. The Morgan fingerprint density at radius 1 is 1.13 bits per heavy atom. The first-order valence-electron chi connectivity index (χ1n) is 8.91. The number of nitrogens with zero attached hydrogens (tertiary/aromatic N) is 3. The molecule has 0 saturated heterocycles. The molecule has 0 unspecified atom stereocenters. The Morgan fingerprint density at radius 3 is 2.57 bits per heavy atom. The van der Waals surface area contributed by atoms with Crippen LogP contribution in [0.25, 0.3) is 17.0 Å². The number of hydrogen-bond donors (Lipinski definition) is 3. The lowest BCUT2D eigenvalue weighted by Crippen LogP contribution is -2.24. The van der Waals surface area contributed by atoms with Gasteiger partial charge in [0.05, 0.1) is 27.8 Å². The van der Waals surface area contributed by atoms with Gasteiger partial charge in [0.2, 0.25) is 16.0 Å². The molecular formula is C19H17ClN6O3S. The van der Waals surface area contributed by atoms with Crippen molar-refractivity contribution < 1.29 is 8.42 Å². The summed E-state index contributed by atoms with van der Waals surface area (Å²) in [4.78, 5) is 20.1. The van der Waals surface area contributed by atoms with E-state index >= 15 is 0 Å². The summed E-state index contributed by atoms with van der Waals surface area (Å²) in [6.45, 7) is 0.463. The molecule has 0 saturated carbocycles. The molecule has 11 heteroatoms. The van der Waals surface area contributed by atoms with Crippen molar-refractivity contribution in [1.82, 2.24) is 19.7 Å². The molecule has 30 heavy (non-hydrogen) atoms. The minimum Gasteiger partial charge on any atom is -0.382 e. The molecule has 154 valence electrons. The highest BCUT2D eigenvalue weighted by atomic mass is 35.5. The smallest absolute Gasteiger partial charge is 0.295 e. The molecule has 4 aromatic rings. The maximum Gasteiger partial charge on any atom is 0.295 e. The number of primary sulfonamides is 1. The molecule has 9 nitrogen and oxygen atoms in total. The van der Waals surface area contributed by atoms with E-state index in [-0.39, 0.29) is 15.9 Å². The van der Waals surface area contributed by atoms with E-state index in [1.807, 2.05) is 24.3 Å². The van der Waals surface area contributed by atoms with Crippen molar-refractivity contribution >= 4 is 38.3 Å². The maximum atomic E-state index is 12.6. The van der Waals surface area contributed by atoms with E-state index in [2.05, 4.69) is 20.4 Å². The molecule has 2 aromatic heterocycles. The average molecular weight is 445 g/mol. The molecule has 0 fully saturated rings. The fourth-order valence-corrected chi connectivity index (χ4v) is 3.64. The zero-order valence-corrected chi connectivity index (χ0v) is 17.1. The zero-order valence-electron chi connectivity index (χ0n) is 15.5. The van der Waals surface area contributed by atoms with Gasteiger partial charge in [0, 0.05) is 6.54 Å². The topological polar surface area (TPSA) is 136 Å². The first kappa shape index (κ1) is 20.1. The van der Waals surface area contributed by atoms with Gasteiger partial charge in [0.15, 0.2) is 0 Å². The van der Waals surface area contributed by atoms with E-state index in [1.165, 1.54) is 18.3 Å². The van der Waals surface area contributed by atoms with Crippen LogP contribution < -0.4 is 16.0 Å². The fourth-order valence-electron chi connectivity index (χ4n) is 2.93. The molecule has 0 spiro atoms. The molecule has 0 atom stereocenters. The Kier molecular flexibility index (Phi) is 5.29. The first-order valence-corrected chi connectivity index (χ1v) is 10.8. The fraction of sp³-hybridized carbons (Fsp3) is 0.105. The van der Waals surface area contributed by atoms with E-state index in [0.717, 1.165) is 15.8 Å². The third-order valence-corrected chi connectivity index (χ3v) is 5.77. The lowest BCUT2D eigenvalue weighted by atomic mass is 10.1. The van der Waals surface area contributed by atoms with Crippen LogP contribution in [-0.2, 0) is 16.4 Å². The van der Waals surface area contributed by atoms with Crippen LogP contribution in [-0.4, -0.2) is 34.7 Å². The van der Waals surface area contributed by atoms with Crippen LogP contribution in [0.1, 0.15) is 5.56 Å². The summed E-state index contributed by atoms with van der Waals surface area (Å²) < 4.78 is 23.7. The third-order valence-electron chi connectivity index (χ3n) is 4.48. The molecular weight excluding hydrogens is 428 g/mol. The van der Waals surface area contributed by atoms with Crippen LogP contribution in [0, 0.1) is 0 Å². The minimum absolute atomic E-state index is 0.00460. The van der Waals surface area contributed by atoms with E-state index in [4.69, 9.17) is 16.7 Å². The molecule has 0 amide bonds. The van der Waals surface area contributed by atoms with Crippen LogP contribution in [0.3, 0.4) is 0 Å². The Morgan fingerprint density at radius 2 is 1.87 bits per heavy atom. The second-order valence-electron chi connectivity index (χ2n) is 6.53. The lowest BCUT2D eigenvalue weighted by molar-refractivity contribution is 0.598. The Labute approximate surface area is 176 Å². The highest BCUT2D eigenvalue weighted by Crippen LogP contribution is 2.18. The number of hydrogen-bond acceptors (Lipinski definition) is 6. The van der Waals surface area contributed by atoms with E-state index in [9.17, 15) is 13.2 Å². The van der Waals surface area contributed by atoms with E-state index in [0.29, 0.717) is 24.2 Å². The summed E-state index contributed by atoms with van der Waals surface area (Å²) in [6, 6.07) is 13.7. The van der Waals surface area contributed by atoms with Crippen molar-refractivity contribution in [1.29, 1.82) is 0 Å². The van der Waals surface area contributed by atoms with Crippen molar-refractivity contribution in [2.24, 2.45) is 5.14 Å². The van der Waals surface area contributed by atoms with Gasteiger partial charge in [-0.15, -0.1) is 0 Å². The van der Waals surface area contributed by atoms with Gasteiger partial charge in [-0.3, -0.25) is 4.79 Å². The lowest BCUT2D eigenvalue weighted by Gasteiger charge is -2.09. The van der Waals surface area contributed by atoms with Crippen molar-refractivity contribution in [3.8, 4) is 5.95 Å². The monoisotopic (exact) mass is 444 g/mol. The van der Waals surface area contributed by atoms with Gasteiger partial charge < -0.3 is 10.3 Å². The van der Waals surface area contributed by atoms with Crippen LogP contribution in [0.15, 0.2) is 64.4 Å². The molecule has 0 aliphatic heterocycles. The maximum absolute atomic E-state index is 12.6. The van der Waals surface area contributed by atoms with Crippen molar-refractivity contribution in [3.63, 3.8) is 0 Å². The van der Waals surface area contributed by atoms with Crippen LogP contribution in [0.2, 0.25) is 5.02 Å². The molecule has 0 radical (unpaired) electrons. The Hall–Kier alpha value is -3.21. The molecule has 2 aromatic carbocycles. The Balaban J connectivity index is 1.48. The number of nitrogens with two attached hydrogens (primary N) is 1. The summed E-state index contributed by atoms with van der Waals surface area (Å²) in [5.74, 6) is 0.282. The highest BCUT2D eigenvalue weighted by Gasteiger charge is 2.13. The molecule has 0 aliphatic carbocycles. The standard InChI is InChI=1S/C19H17ClN6O3S/c20-17-16(22-10-9-12-5-7-13(8-6-12)30(21,28)29)11-23-26(18(17)27)19-24-14-3-1-2-4-15(14)25-19/h1-8,11,22H,9-10H2,(H,24,25)(H2,21,28,29). The summed E-state index contributed by atoms with van der Waals surface area (Å²) in [5, 5.41) is 12.3. The number of sulfonamides is 1. The number of halogens is 1. The number of H-pyrrole nitrogens is 1. The number of para-hydroxylation sites is 2. The van der Waals surface area contributed by atoms with Gasteiger partial charge in [-0.2, -0.15) is 9.78 Å². The highest BCUT2D eigenvalue weighted by molar-refractivity contribution is 7.89. The number of rotatable bonds is 6. The van der Waals surface area contributed by atoms with Crippen molar-refractivity contribution in [3.05, 3.63) is 75.7 Å². The molecule has 4 N–H and O–H groups in total. The van der Waals surface area contributed by atoms with Gasteiger partial charge in [-0.05, 0) is 36.2 Å². The number of nitrogens with one attached hydrogen (secondary N) is 2. The Bertz CT molecular complexity index is 1350.